The molecule has 0 aliphatic rings. The largest absolute Gasteiger partial charge is 0.480 e. The van der Waals surface area contributed by atoms with E-state index in [0.29, 0.717) is 0 Å². The highest BCUT2D eigenvalue weighted by atomic mass is 16.4. The molecule has 6 nitrogen and oxygen atoms in total. The van der Waals surface area contributed by atoms with Crippen LogP contribution in [-0.4, -0.2) is 45.1 Å². The minimum Gasteiger partial charge on any atom is -0.480 e. The quantitative estimate of drug-likeness (QED) is 0.822. The first-order chi connectivity index (χ1) is 9.56. The summed E-state index contributed by atoms with van der Waals surface area (Å²) in [6.07, 6.45) is 1.64. The summed E-state index contributed by atoms with van der Waals surface area (Å²) in [5.41, 5.74) is 1.66. The van der Waals surface area contributed by atoms with Gasteiger partial charge < -0.3 is 10.2 Å². The van der Waals surface area contributed by atoms with Crippen molar-refractivity contribution in [1.29, 1.82) is 0 Å². The fourth-order valence-electron chi connectivity index (χ4n) is 2.08. The number of pyridine rings is 1. The van der Waals surface area contributed by atoms with Gasteiger partial charge in [0.2, 0.25) is 0 Å². The third kappa shape index (κ3) is 3.52. The molecular weight excluding hydrogens is 260 g/mol. The van der Waals surface area contributed by atoms with Crippen molar-refractivity contribution in [1.82, 2.24) is 9.88 Å². The van der Waals surface area contributed by atoms with E-state index in [0.717, 1.165) is 16.5 Å². The number of rotatable bonds is 6. The van der Waals surface area contributed by atoms with E-state index in [2.05, 4.69) is 4.98 Å². The van der Waals surface area contributed by atoms with E-state index in [-0.39, 0.29) is 19.6 Å². The maximum atomic E-state index is 10.8. The van der Waals surface area contributed by atoms with E-state index in [1.54, 1.807) is 12.3 Å². The van der Waals surface area contributed by atoms with E-state index in [1.807, 2.05) is 24.3 Å². The monoisotopic (exact) mass is 274 g/mol. The van der Waals surface area contributed by atoms with Crippen LogP contribution < -0.4 is 0 Å². The topological polar surface area (TPSA) is 90.7 Å². The highest BCUT2D eigenvalue weighted by Crippen LogP contribution is 2.17. The van der Waals surface area contributed by atoms with Gasteiger partial charge in [-0.3, -0.25) is 19.5 Å². The lowest BCUT2D eigenvalue weighted by atomic mass is 10.1. The first-order valence-corrected chi connectivity index (χ1v) is 6.05. The average molecular weight is 274 g/mol. The number of carbonyl (C=O) groups is 2. The Morgan fingerprint density at radius 1 is 1.05 bits per heavy atom. The second kappa shape index (κ2) is 6.12. The first kappa shape index (κ1) is 14.0. The van der Waals surface area contributed by atoms with E-state index in [4.69, 9.17) is 10.2 Å². The Morgan fingerprint density at radius 3 is 2.35 bits per heavy atom. The van der Waals surface area contributed by atoms with Gasteiger partial charge in [0.15, 0.2) is 0 Å². The second-order valence-electron chi connectivity index (χ2n) is 4.42. The van der Waals surface area contributed by atoms with Gasteiger partial charge in [-0.15, -0.1) is 0 Å². The van der Waals surface area contributed by atoms with Crippen molar-refractivity contribution in [3.63, 3.8) is 0 Å². The molecule has 0 aliphatic carbocycles. The number of carboxylic acids is 2. The van der Waals surface area contributed by atoms with Crippen molar-refractivity contribution >= 4 is 22.8 Å². The molecule has 0 bridgehead atoms. The highest BCUT2D eigenvalue weighted by Gasteiger charge is 2.15. The number of nitrogens with zero attached hydrogens (tertiary/aromatic N) is 2. The molecule has 0 spiro atoms. The standard InChI is InChI=1S/C14H14N2O4/c17-13(18)8-16(9-14(19)20)7-10-5-6-15-12-4-2-1-3-11(10)12/h1-6H,7-9H2,(H,17,18)(H,19,20). The molecule has 6 heteroatoms. The Hall–Kier alpha value is -2.47. The van der Waals surface area contributed by atoms with Gasteiger partial charge in [-0.25, -0.2) is 0 Å². The Morgan fingerprint density at radius 2 is 1.70 bits per heavy atom. The van der Waals surface area contributed by atoms with Crippen molar-refractivity contribution in [2.24, 2.45) is 0 Å². The molecule has 0 saturated heterocycles. The summed E-state index contributed by atoms with van der Waals surface area (Å²) in [4.78, 5) is 27.2. The van der Waals surface area contributed by atoms with E-state index in [9.17, 15) is 9.59 Å². The molecule has 0 atom stereocenters. The Balaban J connectivity index is 2.27. The Kier molecular flexibility index (Phi) is 4.27. The summed E-state index contributed by atoms with van der Waals surface area (Å²) in [5, 5.41) is 18.6. The third-order valence-corrected chi connectivity index (χ3v) is 2.85. The van der Waals surface area contributed by atoms with Crippen LogP contribution in [0, 0.1) is 0 Å². The number of para-hydroxylation sites is 1. The molecule has 2 rings (SSSR count). The normalized spacial score (nSPS) is 10.8. The van der Waals surface area contributed by atoms with Gasteiger partial charge >= 0.3 is 11.9 Å². The van der Waals surface area contributed by atoms with Crippen molar-refractivity contribution in [2.45, 2.75) is 6.54 Å². The number of carboxylic acid groups (broad SMARTS) is 2. The van der Waals surface area contributed by atoms with Crippen LogP contribution in [0.3, 0.4) is 0 Å². The summed E-state index contributed by atoms with van der Waals surface area (Å²) in [5.74, 6) is -2.10. The number of aliphatic carboxylic acids is 2. The van der Waals surface area contributed by atoms with E-state index in [1.165, 1.54) is 4.90 Å². The lowest BCUT2D eigenvalue weighted by Crippen LogP contribution is -2.34. The zero-order valence-electron chi connectivity index (χ0n) is 10.7. The van der Waals surface area contributed by atoms with Crippen molar-refractivity contribution in [3.8, 4) is 0 Å². The molecule has 0 aliphatic heterocycles. The maximum absolute atomic E-state index is 10.8. The maximum Gasteiger partial charge on any atom is 0.317 e. The van der Waals surface area contributed by atoms with Gasteiger partial charge in [-0.1, -0.05) is 18.2 Å². The summed E-state index contributed by atoms with van der Waals surface area (Å²) >= 11 is 0. The van der Waals surface area contributed by atoms with Crippen LogP contribution in [0.1, 0.15) is 5.56 Å². The highest BCUT2D eigenvalue weighted by molar-refractivity contribution is 5.82. The number of hydrogen-bond acceptors (Lipinski definition) is 4. The van der Waals surface area contributed by atoms with Gasteiger partial charge in [0.1, 0.15) is 0 Å². The van der Waals surface area contributed by atoms with Gasteiger partial charge in [0, 0.05) is 18.1 Å². The molecule has 0 unspecified atom stereocenters. The first-order valence-electron chi connectivity index (χ1n) is 6.05. The zero-order valence-corrected chi connectivity index (χ0v) is 10.7. The predicted molar refractivity (Wildman–Crippen MR) is 72.3 cm³/mol. The minimum absolute atomic E-state index is 0.252. The van der Waals surface area contributed by atoms with Crippen molar-refractivity contribution in [3.05, 3.63) is 42.1 Å². The molecule has 0 saturated carbocycles. The van der Waals surface area contributed by atoms with Crippen LogP contribution in [0.25, 0.3) is 10.9 Å². The zero-order chi connectivity index (χ0) is 14.5. The van der Waals surface area contributed by atoms with Crippen LogP contribution in [0.4, 0.5) is 0 Å². The smallest absolute Gasteiger partial charge is 0.317 e. The van der Waals surface area contributed by atoms with Crippen LogP contribution in [0.2, 0.25) is 0 Å². The average Bonchev–Trinajstić information content (AvgIpc) is 2.37. The lowest BCUT2D eigenvalue weighted by Gasteiger charge is -2.18. The van der Waals surface area contributed by atoms with Gasteiger partial charge in [-0.05, 0) is 17.7 Å². The molecule has 0 amide bonds. The van der Waals surface area contributed by atoms with Crippen molar-refractivity contribution < 1.29 is 19.8 Å². The van der Waals surface area contributed by atoms with Crippen LogP contribution in [0.5, 0.6) is 0 Å². The van der Waals surface area contributed by atoms with Crippen molar-refractivity contribution in [2.75, 3.05) is 13.1 Å². The van der Waals surface area contributed by atoms with Gasteiger partial charge in [0.25, 0.3) is 0 Å². The number of hydrogen-bond donors (Lipinski definition) is 2. The summed E-state index contributed by atoms with van der Waals surface area (Å²) in [6.45, 7) is -0.381. The molecule has 0 fully saturated rings. The molecule has 1 heterocycles. The van der Waals surface area contributed by atoms with Crippen LogP contribution >= 0.6 is 0 Å². The number of benzene rings is 1. The lowest BCUT2D eigenvalue weighted by molar-refractivity contribution is -0.141. The fourth-order valence-corrected chi connectivity index (χ4v) is 2.08. The Bertz CT molecular complexity index is 621. The second-order valence-corrected chi connectivity index (χ2v) is 4.42. The number of aromatic nitrogens is 1. The molecule has 20 heavy (non-hydrogen) atoms. The third-order valence-electron chi connectivity index (χ3n) is 2.85. The van der Waals surface area contributed by atoms with E-state index >= 15 is 0 Å². The van der Waals surface area contributed by atoms with Gasteiger partial charge in [0.05, 0.1) is 18.6 Å². The Labute approximate surface area is 115 Å². The van der Waals surface area contributed by atoms with Gasteiger partial charge in [-0.2, -0.15) is 0 Å². The SMILES string of the molecule is O=C(O)CN(CC(=O)O)Cc1ccnc2ccccc12. The molecule has 1 aromatic heterocycles. The molecule has 0 radical (unpaired) electrons. The molecule has 104 valence electrons. The molecule has 1 aromatic carbocycles. The summed E-state index contributed by atoms with van der Waals surface area (Å²) in [7, 11) is 0. The van der Waals surface area contributed by atoms with Crippen LogP contribution in [0.15, 0.2) is 36.5 Å². The predicted octanol–water partition coefficient (Wildman–Crippen LogP) is 1.21. The molecule has 2 N–H and O–H groups in total. The summed E-state index contributed by atoms with van der Waals surface area (Å²) in [6, 6.07) is 9.26. The van der Waals surface area contributed by atoms with E-state index < -0.39 is 11.9 Å². The van der Waals surface area contributed by atoms with Crippen LogP contribution in [-0.2, 0) is 16.1 Å². The minimum atomic E-state index is -1.05. The number of fused-ring (bicyclic) bond motifs is 1. The molecular formula is C14H14N2O4. The molecule has 2 aromatic rings. The summed E-state index contributed by atoms with van der Waals surface area (Å²) < 4.78 is 0. The fraction of sp³-hybridized carbons (Fsp3) is 0.214.